The SMILES string of the molecule is Cc1nc(C)c2c(c1CC(=O)O)N1CCC(C)(CC1)OCCCCC(c1ccc(Cl)cc1)Oc1ccc-2cc1. The van der Waals surface area contributed by atoms with E-state index in [2.05, 4.69) is 24.0 Å². The van der Waals surface area contributed by atoms with Crippen molar-refractivity contribution in [2.45, 2.75) is 71.0 Å². The van der Waals surface area contributed by atoms with E-state index in [4.69, 9.17) is 26.1 Å². The van der Waals surface area contributed by atoms with E-state index < -0.39 is 5.97 Å². The Hall–Kier alpha value is -3.09. The van der Waals surface area contributed by atoms with Crippen molar-refractivity contribution in [2.75, 3.05) is 24.6 Å². The first-order valence-corrected chi connectivity index (χ1v) is 14.2. The molecule has 6 nitrogen and oxygen atoms in total. The minimum Gasteiger partial charge on any atom is -0.486 e. The zero-order valence-corrected chi connectivity index (χ0v) is 23.8. The molecule has 3 aromatic rings. The van der Waals surface area contributed by atoms with E-state index in [9.17, 15) is 9.90 Å². The first kappa shape index (κ1) is 27.5. The number of ether oxygens (including phenoxy) is 2. The molecule has 1 aromatic heterocycles. The van der Waals surface area contributed by atoms with Gasteiger partial charge in [-0.1, -0.05) is 35.9 Å². The Kier molecular flexibility index (Phi) is 8.15. The second-order valence-electron chi connectivity index (χ2n) is 11.0. The third kappa shape index (κ3) is 6.23. The van der Waals surface area contributed by atoms with Gasteiger partial charge in [0, 0.05) is 47.2 Å². The summed E-state index contributed by atoms with van der Waals surface area (Å²) in [5.41, 5.74) is 6.34. The summed E-state index contributed by atoms with van der Waals surface area (Å²) < 4.78 is 13.0. The van der Waals surface area contributed by atoms with Crippen LogP contribution in [0.1, 0.15) is 67.6 Å². The predicted octanol–water partition coefficient (Wildman–Crippen LogP) is 7.33. The zero-order chi connectivity index (χ0) is 27.6. The van der Waals surface area contributed by atoms with Gasteiger partial charge in [0.05, 0.1) is 17.7 Å². The second-order valence-corrected chi connectivity index (χ2v) is 11.5. The summed E-state index contributed by atoms with van der Waals surface area (Å²) in [4.78, 5) is 19.1. The van der Waals surface area contributed by atoms with E-state index in [-0.39, 0.29) is 18.1 Å². The van der Waals surface area contributed by atoms with E-state index in [0.29, 0.717) is 11.6 Å². The number of pyridine rings is 1. The van der Waals surface area contributed by atoms with Crippen LogP contribution < -0.4 is 9.64 Å². The lowest BCUT2D eigenvalue weighted by Gasteiger charge is -2.42. The fourth-order valence-electron chi connectivity index (χ4n) is 5.86. The number of halogens is 1. The number of fused-ring (bicyclic) bond motifs is 2. The van der Waals surface area contributed by atoms with Gasteiger partial charge in [0.1, 0.15) is 11.9 Å². The van der Waals surface area contributed by atoms with E-state index in [1.165, 1.54) is 0 Å². The second kappa shape index (κ2) is 11.6. The van der Waals surface area contributed by atoms with Crippen molar-refractivity contribution in [3.63, 3.8) is 0 Å². The van der Waals surface area contributed by atoms with Crippen molar-refractivity contribution in [1.29, 1.82) is 0 Å². The van der Waals surface area contributed by atoms with E-state index in [0.717, 1.165) is 90.3 Å². The van der Waals surface area contributed by atoms with Crippen molar-refractivity contribution in [1.82, 2.24) is 4.98 Å². The van der Waals surface area contributed by atoms with E-state index in [1.54, 1.807) is 0 Å². The number of rotatable bonds is 3. The van der Waals surface area contributed by atoms with Gasteiger partial charge in [0.15, 0.2) is 0 Å². The van der Waals surface area contributed by atoms with Gasteiger partial charge >= 0.3 is 5.97 Å². The first-order chi connectivity index (χ1) is 18.7. The topological polar surface area (TPSA) is 71.9 Å². The lowest BCUT2D eigenvalue weighted by Crippen LogP contribution is -2.45. The Balaban J connectivity index is 1.58. The third-order valence-electron chi connectivity index (χ3n) is 8.10. The van der Waals surface area contributed by atoms with Crippen LogP contribution in [0.3, 0.4) is 0 Å². The molecular formula is C32H37ClN2O4. The molecule has 2 aromatic carbocycles. The molecule has 39 heavy (non-hydrogen) atoms. The van der Waals surface area contributed by atoms with Gasteiger partial charge in [-0.05, 0) is 88.3 Å². The molecule has 0 aliphatic carbocycles. The van der Waals surface area contributed by atoms with Crippen LogP contribution in [0.25, 0.3) is 11.1 Å². The standard InChI is InChI=1S/C32H37ClN2O4/c1-21-27(20-29(36)37)31-30(22(2)34-21)24-9-13-26(14-10-24)39-28(23-7-11-25(33)12-8-23)6-4-5-19-38-32(3)15-17-35(31)18-16-32/h7-14,28H,4-6,15-20H2,1-3H3,(H,36,37). The number of aliphatic carboxylic acids is 1. The molecule has 0 spiro atoms. The first-order valence-electron chi connectivity index (χ1n) is 13.9. The number of nitrogens with zero attached hydrogens (tertiary/aromatic N) is 2. The summed E-state index contributed by atoms with van der Waals surface area (Å²) >= 11 is 6.15. The Morgan fingerprint density at radius 2 is 1.74 bits per heavy atom. The highest BCUT2D eigenvalue weighted by Gasteiger charge is 2.34. The van der Waals surface area contributed by atoms with Crippen LogP contribution >= 0.6 is 11.6 Å². The summed E-state index contributed by atoms with van der Waals surface area (Å²) in [6.45, 7) is 8.45. The number of aryl methyl sites for hydroxylation is 2. The van der Waals surface area contributed by atoms with Crippen molar-refractivity contribution in [3.05, 3.63) is 76.1 Å². The molecule has 206 valence electrons. The average Bonchev–Trinajstić information content (AvgIpc) is 2.91. The quantitative estimate of drug-likeness (QED) is 0.369. The molecule has 5 heterocycles. The van der Waals surface area contributed by atoms with Gasteiger partial charge < -0.3 is 19.5 Å². The smallest absolute Gasteiger partial charge is 0.307 e. The highest BCUT2D eigenvalue weighted by atomic mass is 35.5. The van der Waals surface area contributed by atoms with Gasteiger partial charge in [-0.3, -0.25) is 9.78 Å². The number of piperidine rings is 1. The van der Waals surface area contributed by atoms with Crippen LogP contribution in [0.15, 0.2) is 48.5 Å². The van der Waals surface area contributed by atoms with Crippen molar-refractivity contribution >= 4 is 23.3 Å². The largest absolute Gasteiger partial charge is 0.486 e. The lowest BCUT2D eigenvalue weighted by atomic mass is 9.90. The van der Waals surface area contributed by atoms with E-state index >= 15 is 0 Å². The molecule has 0 radical (unpaired) electrons. The molecule has 1 N–H and O–H groups in total. The van der Waals surface area contributed by atoms with Crippen LogP contribution in [0.2, 0.25) is 5.02 Å². The number of anilines is 1. The van der Waals surface area contributed by atoms with Crippen molar-refractivity contribution in [3.8, 4) is 16.9 Å². The van der Waals surface area contributed by atoms with Crippen molar-refractivity contribution in [2.24, 2.45) is 0 Å². The number of hydrogen-bond donors (Lipinski definition) is 1. The number of carbonyl (C=O) groups is 1. The highest BCUT2D eigenvalue weighted by molar-refractivity contribution is 6.30. The molecule has 4 aliphatic rings. The van der Waals surface area contributed by atoms with Crippen LogP contribution in [0.5, 0.6) is 5.75 Å². The maximum atomic E-state index is 11.9. The van der Waals surface area contributed by atoms with Gasteiger partial charge in [0.25, 0.3) is 0 Å². The Labute approximate surface area is 235 Å². The van der Waals surface area contributed by atoms with Crippen LogP contribution in [-0.4, -0.2) is 41.4 Å². The zero-order valence-electron chi connectivity index (χ0n) is 23.0. The molecule has 1 unspecified atom stereocenters. The lowest BCUT2D eigenvalue weighted by molar-refractivity contribution is -0.136. The van der Waals surface area contributed by atoms with Crippen LogP contribution in [0, 0.1) is 13.8 Å². The molecule has 1 atom stereocenters. The fraction of sp³-hybridized carbons (Fsp3) is 0.438. The van der Waals surface area contributed by atoms with Gasteiger partial charge in [-0.25, -0.2) is 0 Å². The monoisotopic (exact) mass is 548 g/mol. The van der Waals surface area contributed by atoms with Crippen LogP contribution in [0.4, 0.5) is 5.69 Å². The molecule has 0 saturated carbocycles. The summed E-state index contributed by atoms with van der Waals surface area (Å²) in [6.07, 6.45) is 4.44. The minimum atomic E-state index is -0.850. The molecule has 4 bridgehead atoms. The minimum absolute atomic E-state index is 0.0598. The van der Waals surface area contributed by atoms with E-state index in [1.807, 2.05) is 50.2 Å². The normalized spacial score (nSPS) is 21.7. The number of carboxylic acids is 1. The van der Waals surface area contributed by atoms with Crippen LogP contribution in [-0.2, 0) is 16.0 Å². The number of hydrogen-bond acceptors (Lipinski definition) is 5. The molecule has 1 saturated heterocycles. The Morgan fingerprint density at radius 1 is 1.05 bits per heavy atom. The predicted molar refractivity (Wildman–Crippen MR) is 155 cm³/mol. The van der Waals surface area contributed by atoms with Crippen molar-refractivity contribution < 1.29 is 19.4 Å². The molecule has 7 rings (SSSR count). The summed E-state index contributed by atoms with van der Waals surface area (Å²) in [5.74, 6) is -0.0606. The summed E-state index contributed by atoms with van der Waals surface area (Å²) in [6, 6.07) is 16.0. The average molecular weight is 549 g/mol. The number of benzene rings is 2. The van der Waals surface area contributed by atoms with Gasteiger partial charge in [-0.2, -0.15) is 0 Å². The molecular weight excluding hydrogens is 512 g/mol. The fourth-order valence-corrected chi connectivity index (χ4v) is 5.99. The molecule has 1 fully saturated rings. The molecule has 0 amide bonds. The van der Waals surface area contributed by atoms with Gasteiger partial charge in [-0.15, -0.1) is 0 Å². The Bertz CT molecular complexity index is 1320. The molecule has 7 heteroatoms. The number of carboxylic acid groups (broad SMARTS) is 1. The summed E-state index contributed by atoms with van der Waals surface area (Å²) in [7, 11) is 0. The van der Waals surface area contributed by atoms with Gasteiger partial charge in [0.2, 0.25) is 0 Å². The third-order valence-corrected chi connectivity index (χ3v) is 8.35. The maximum Gasteiger partial charge on any atom is 0.307 e. The Morgan fingerprint density at radius 3 is 2.41 bits per heavy atom. The maximum absolute atomic E-state index is 11.9. The number of aromatic nitrogens is 1. The molecule has 4 aliphatic heterocycles. The summed E-state index contributed by atoms with van der Waals surface area (Å²) in [5, 5.41) is 10.5. The highest BCUT2D eigenvalue weighted by Crippen LogP contribution is 2.41.